The Morgan fingerprint density at radius 1 is 1.28 bits per heavy atom. The number of sulfone groups is 1. The smallest absolute Gasteiger partial charge is 0.222 e. The number of ether oxygens (including phenoxy) is 1. The third kappa shape index (κ3) is 4.98. The summed E-state index contributed by atoms with van der Waals surface area (Å²) in [7, 11) is 0.457. The Labute approximate surface area is 172 Å². The Morgan fingerprint density at radius 3 is 2.55 bits per heavy atom. The minimum Gasteiger partial charge on any atom is -0.497 e. The Morgan fingerprint density at radius 2 is 1.97 bits per heavy atom. The molecule has 1 aromatic heterocycles. The molecule has 1 saturated heterocycles. The molecule has 1 amide bonds. The fraction of sp³-hybridized carbons (Fsp3) is 0.524. The minimum absolute atomic E-state index is 0.0656. The Hall–Kier alpha value is -2.35. The Bertz CT molecular complexity index is 980. The molecule has 0 radical (unpaired) electrons. The summed E-state index contributed by atoms with van der Waals surface area (Å²) in [6.07, 6.45) is 1.70. The van der Waals surface area contributed by atoms with E-state index in [1.165, 1.54) is 0 Å². The van der Waals surface area contributed by atoms with Gasteiger partial charge in [0.1, 0.15) is 5.75 Å². The lowest BCUT2D eigenvalue weighted by molar-refractivity contribution is -0.130. The highest BCUT2D eigenvalue weighted by Crippen LogP contribution is 2.27. The zero-order valence-electron chi connectivity index (χ0n) is 17.5. The van der Waals surface area contributed by atoms with Crippen molar-refractivity contribution in [1.29, 1.82) is 0 Å². The summed E-state index contributed by atoms with van der Waals surface area (Å²) in [5.41, 5.74) is 3.88. The molecule has 1 aromatic carbocycles. The van der Waals surface area contributed by atoms with Crippen LogP contribution in [0.15, 0.2) is 24.3 Å². The third-order valence-corrected chi connectivity index (χ3v) is 7.39. The van der Waals surface area contributed by atoms with Crippen LogP contribution < -0.4 is 4.74 Å². The topological polar surface area (TPSA) is 81.5 Å². The number of carbonyl (C=O) groups excluding carboxylic acids is 1. The summed E-state index contributed by atoms with van der Waals surface area (Å²) < 4.78 is 30.6. The molecule has 29 heavy (non-hydrogen) atoms. The highest BCUT2D eigenvalue weighted by atomic mass is 32.2. The Balaban J connectivity index is 1.62. The molecule has 1 atom stereocenters. The molecule has 7 nitrogen and oxygen atoms in total. The Kier molecular flexibility index (Phi) is 6.31. The van der Waals surface area contributed by atoms with E-state index in [1.807, 2.05) is 42.8 Å². The van der Waals surface area contributed by atoms with Crippen LogP contribution in [-0.4, -0.2) is 54.7 Å². The predicted octanol–water partition coefficient (Wildman–Crippen LogP) is 2.46. The zero-order valence-corrected chi connectivity index (χ0v) is 18.3. The molecule has 0 spiro atoms. The quantitative estimate of drug-likeness (QED) is 0.689. The number of methoxy groups -OCH3 is 1. The van der Waals surface area contributed by atoms with E-state index in [0.717, 1.165) is 28.3 Å². The van der Waals surface area contributed by atoms with Gasteiger partial charge in [0.15, 0.2) is 9.84 Å². The van der Waals surface area contributed by atoms with Crippen molar-refractivity contribution in [1.82, 2.24) is 14.7 Å². The second kappa shape index (κ2) is 8.57. The van der Waals surface area contributed by atoms with E-state index < -0.39 is 9.84 Å². The maximum Gasteiger partial charge on any atom is 0.222 e. The fourth-order valence-electron chi connectivity index (χ4n) is 3.81. The second-order valence-electron chi connectivity index (χ2n) is 7.75. The van der Waals surface area contributed by atoms with Crippen molar-refractivity contribution in [2.75, 3.05) is 25.7 Å². The largest absolute Gasteiger partial charge is 0.497 e. The summed E-state index contributed by atoms with van der Waals surface area (Å²) in [6.45, 7) is 4.34. The van der Waals surface area contributed by atoms with Gasteiger partial charge >= 0.3 is 0 Å². The van der Waals surface area contributed by atoms with Gasteiger partial charge in [-0.25, -0.2) is 8.42 Å². The first-order valence-electron chi connectivity index (χ1n) is 9.82. The van der Waals surface area contributed by atoms with Gasteiger partial charge in [0.25, 0.3) is 0 Å². The van der Waals surface area contributed by atoms with Crippen LogP contribution in [0.1, 0.15) is 41.4 Å². The lowest BCUT2D eigenvalue weighted by Gasteiger charge is -2.18. The van der Waals surface area contributed by atoms with Gasteiger partial charge in [-0.2, -0.15) is 5.10 Å². The monoisotopic (exact) mass is 419 g/mol. The number of carbonyl (C=O) groups is 1. The number of benzene rings is 1. The van der Waals surface area contributed by atoms with Crippen molar-refractivity contribution < 1.29 is 17.9 Å². The molecular weight excluding hydrogens is 390 g/mol. The van der Waals surface area contributed by atoms with E-state index in [-0.39, 0.29) is 23.5 Å². The molecular formula is C21H29N3O4S. The standard InChI is InChI=1S/C21H29N3O4S/c1-15-20(16(2)24(22-15)18-11-12-29(26,27)14-18)13-23(3)21(25)10-7-17-5-8-19(28-4)9-6-17/h5-6,8-9,18H,7,10-14H2,1-4H3/t18-/m0/s1. The molecule has 158 valence electrons. The molecule has 8 heteroatoms. The molecule has 1 aliphatic heterocycles. The molecule has 3 rings (SSSR count). The zero-order chi connectivity index (χ0) is 21.2. The van der Waals surface area contributed by atoms with E-state index in [9.17, 15) is 13.2 Å². The van der Waals surface area contributed by atoms with E-state index in [0.29, 0.717) is 25.8 Å². The number of aromatic nitrogens is 2. The van der Waals surface area contributed by atoms with Crippen LogP contribution in [0.3, 0.4) is 0 Å². The van der Waals surface area contributed by atoms with Gasteiger partial charge in [-0.3, -0.25) is 9.48 Å². The maximum atomic E-state index is 12.6. The van der Waals surface area contributed by atoms with Crippen molar-refractivity contribution in [3.8, 4) is 5.75 Å². The van der Waals surface area contributed by atoms with Crippen molar-refractivity contribution in [3.63, 3.8) is 0 Å². The first-order chi connectivity index (χ1) is 13.7. The molecule has 0 aliphatic carbocycles. The molecule has 0 N–H and O–H groups in total. The lowest BCUT2D eigenvalue weighted by Crippen LogP contribution is -2.27. The van der Waals surface area contributed by atoms with Gasteiger partial charge < -0.3 is 9.64 Å². The molecule has 0 saturated carbocycles. The molecule has 2 aromatic rings. The van der Waals surface area contributed by atoms with Gasteiger partial charge in [-0.1, -0.05) is 12.1 Å². The van der Waals surface area contributed by atoms with E-state index in [4.69, 9.17) is 4.74 Å². The van der Waals surface area contributed by atoms with Gasteiger partial charge in [0, 0.05) is 31.3 Å². The number of hydrogen-bond donors (Lipinski definition) is 0. The average molecular weight is 420 g/mol. The SMILES string of the molecule is COc1ccc(CCC(=O)N(C)Cc2c(C)nn([C@H]3CCS(=O)(=O)C3)c2C)cc1. The van der Waals surface area contributed by atoms with Crippen LogP contribution >= 0.6 is 0 Å². The highest BCUT2D eigenvalue weighted by Gasteiger charge is 2.31. The third-order valence-electron chi connectivity index (χ3n) is 5.64. The molecule has 2 heterocycles. The van der Waals surface area contributed by atoms with E-state index in [1.54, 1.807) is 19.1 Å². The highest BCUT2D eigenvalue weighted by molar-refractivity contribution is 7.91. The van der Waals surface area contributed by atoms with Crippen LogP contribution in [0, 0.1) is 13.8 Å². The number of nitrogens with zero attached hydrogens (tertiary/aromatic N) is 3. The van der Waals surface area contributed by atoms with Crippen molar-refractivity contribution in [2.24, 2.45) is 0 Å². The average Bonchev–Trinajstić information content (AvgIpc) is 3.19. The second-order valence-corrected chi connectivity index (χ2v) is 9.98. The molecule has 1 aliphatic rings. The maximum absolute atomic E-state index is 12.6. The fourth-order valence-corrected chi connectivity index (χ4v) is 5.50. The molecule has 1 fully saturated rings. The van der Waals surface area contributed by atoms with Gasteiger partial charge in [-0.15, -0.1) is 0 Å². The van der Waals surface area contributed by atoms with Crippen LogP contribution in [0.2, 0.25) is 0 Å². The number of hydrogen-bond acceptors (Lipinski definition) is 5. The van der Waals surface area contributed by atoms with Crippen molar-refractivity contribution in [3.05, 3.63) is 46.8 Å². The minimum atomic E-state index is -2.97. The van der Waals surface area contributed by atoms with Crippen LogP contribution in [0.25, 0.3) is 0 Å². The van der Waals surface area contributed by atoms with Crippen LogP contribution in [0.5, 0.6) is 5.75 Å². The van der Waals surface area contributed by atoms with Crippen molar-refractivity contribution in [2.45, 2.75) is 45.7 Å². The predicted molar refractivity (Wildman–Crippen MR) is 112 cm³/mol. The number of aryl methyl sites for hydroxylation is 2. The van der Waals surface area contributed by atoms with Gasteiger partial charge in [-0.05, 0) is 44.4 Å². The number of rotatable bonds is 7. The van der Waals surface area contributed by atoms with E-state index in [2.05, 4.69) is 5.10 Å². The summed E-state index contributed by atoms with van der Waals surface area (Å²) >= 11 is 0. The summed E-state index contributed by atoms with van der Waals surface area (Å²) in [5.74, 6) is 1.23. The lowest BCUT2D eigenvalue weighted by atomic mass is 10.1. The first-order valence-corrected chi connectivity index (χ1v) is 11.6. The van der Waals surface area contributed by atoms with Gasteiger partial charge in [0.05, 0.1) is 30.4 Å². The first kappa shape index (κ1) is 21.4. The van der Waals surface area contributed by atoms with E-state index >= 15 is 0 Å². The normalized spacial score (nSPS) is 18.0. The van der Waals surface area contributed by atoms with Crippen molar-refractivity contribution >= 4 is 15.7 Å². The van der Waals surface area contributed by atoms with Crippen LogP contribution in [0.4, 0.5) is 0 Å². The molecule has 0 bridgehead atoms. The summed E-state index contributed by atoms with van der Waals surface area (Å²) in [5, 5.41) is 4.58. The van der Waals surface area contributed by atoms with Gasteiger partial charge in [0.2, 0.25) is 5.91 Å². The number of amides is 1. The summed E-state index contributed by atoms with van der Waals surface area (Å²) in [6, 6.07) is 7.63. The van der Waals surface area contributed by atoms with Crippen LogP contribution in [-0.2, 0) is 27.6 Å². The summed E-state index contributed by atoms with van der Waals surface area (Å²) in [4.78, 5) is 14.3. The molecule has 0 unspecified atom stereocenters.